The molecular formula is C23H23N3O3. The topological polar surface area (TPSA) is 73.2 Å². The van der Waals surface area contributed by atoms with Gasteiger partial charge in [0.05, 0.1) is 5.69 Å². The number of aromatic nitrogens is 2. The van der Waals surface area contributed by atoms with Gasteiger partial charge in [0.1, 0.15) is 11.3 Å². The second-order valence-corrected chi connectivity index (χ2v) is 6.57. The van der Waals surface area contributed by atoms with E-state index in [4.69, 9.17) is 4.74 Å². The molecule has 0 saturated carbocycles. The van der Waals surface area contributed by atoms with Crippen LogP contribution in [0.25, 0.3) is 16.9 Å². The van der Waals surface area contributed by atoms with Crippen LogP contribution in [0.1, 0.15) is 22.8 Å². The molecule has 0 aliphatic carbocycles. The largest absolute Gasteiger partial charge is 0.449 e. The van der Waals surface area contributed by atoms with Gasteiger partial charge in [0.2, 0.25) is 0 Å². The predicted octanol–water partition coefficient (Wildman–Crippen LogP) is 3.70. The molecule has 1 heterocycles. The fraction of sp³-hybridized carbons (Fsp3) is 0.174. The van der Waals surface area contributed by atoms with E-state index >= 15 is 0 Å². The quantitative estimate of drug-likeness (QED) is 0.494. The van der Waals surface area contributed by atoms with Crippen molar-refractivity contribution in [1.29, 1.82) is 0 Å². The van der Waals surface area contributed by atoms with Gasteiger partial charge in [0, 0.05) is 18.3 Å². The van der Waals surface area contributed by atoms with Crippen LogP contribution in [0.3, 0.4) is 0 Å². The van der Waals surface area contributed by atoms with Gasteiger partial charge in [-0.1, -0.05) is 48.5 Å². The number of benzene rings is 2. The van der Waals surface area contributed by atoms with Crippen molar-refractivity contribution in [2.45, 2.75) is 20.0 Å². The highest BCUT2D eigenvalue weighted by Gasteiger charge is 2.24. The van der Waals surface area contributed by atoms with E-state index in [1.54, 1.807) is 17.0 Å². The monoisotopic (exact) mass is 389 g/mol. The summed E-state index contributed by atoms with van der Waals surface area (Å²) < 4.78 is 7.05. The highest BCUT2D eigenvalue weighted by molar-refractivity contribution is 5.98. The molecule has 0 radical (unpaired) electrons. The Bertz CT molecular complexity index is 1020. The summed E-state index contributed by atoms with van der Waals surface area (Å²) in [6, 6.07) is 17.2. The van der Waals surface area contributed by atoms with E-state index in [1.807, 2.05) is 61.5 Å². The second-order valence-electron chi connectivity index (χ2n) is 6.57. The van der Waals surface area contributed by atoms with Crippen molar-refractivity contribution in [3.8, 4) is 16.9 Å². The van der Waals surface area contributed by atoms with Crippen molar-refractivity contribution < 1.29 is 14.3 Å². The van der Waals surface area contributed by atoms with Crippen LogP contribution in [0.2, 0.25) is 0 Å². The van der Waals surface area contributed by atoms with Crippen LogP contribution in [0.5, 0.6) is 0 Å². The van der Waals surface area contributed by atoms with Crippen molar-refractivity contribution in [3.63, 3.8) is 0 Å². The van der Waals surface area contributed by atoms with E-state index in [0.29, 0.717) is 17.8 Å². The first-order valence-corrected chi connectivity index (χ1v) is 9.32. The Kier molecular flexibility index (Phi) is 6.24. The third-order valence-corrected chi connectivity index (χ3v) is 4.43. The third kappa shape index (κ3) is 4.60. The van der Waals surface area contributed by atoms with Crippen LogP contribution in [0, 0.1) is 6.92 Å². The van der Waals surface area contributed by atoms with E-state index in [-0.39, 0.29) is 5.91 Å². The van der Waals surface area contributed by atoms with E-state index in [2.05, 4.69) is 17.0 Å². The minimum atomic E-state index is -0.938. The van der Waals surface area contributed by atoms with Crippen LogP contribution in [0.15, 0.2) is 73.4 Å². The molecule has 6 heteroatoms. The molecule has 1 aromatic heterocycles. The molecule has 0 spiro atoms. The van der Waals surface area contributed by atoms with Crippen molar-refractivity contribution in [3.05, 3.63) is 84.6 Å². The molecule has 2 aromatic carbocycles. The van der Waals surface area contributed by atoms with Gasteiger partial charge in [-0.05, 0) is 31.5 Å². The first-order chi connectivity index (χ1) is 14.0. The van der Waals surface area contributed by atoms with Gasteiger partial charge in [-0.2, -0.15) is 5.10 Å². The molecular weight excluding hydrogens is 366 g/mol. The smallest absolute Gasteiger partial charge is 0.342 e. The molecule has 0 aliphatic rings. The van der Waals surface area contributed by atoms with Gasteiger partial charge in [0.15, 0.2) is 6.10 Å². The highest BCUT2D eigenvalue weighted by atomic mass is 16.5. The first-order valence-electron chi connectivity index (χ1n) is 9.32. The fourth-order valence-corrected chi connectivity index (χ4v) is 2.87. The number of nitrogens with one attached hydrogen (secondary N) is 1. The molecule has 0 bridgehead atoms. The number of amides is 1. The van der Waals surface area contributed by atoms with Crippen molar-refractivity contribution in [2.75, 3.05) is 6.54 Å². The molecule has 1 N–H and O–H groups in total. The first kappa shape index (κ1) is 20.1. The van der Waals surface area contributed by atoms with Gasteiger partial charge < -0.3 is 10.1 Å². The van der Waals surface area contributed by atoms with Crippen molar-refractivity contribution in [1.82, 2.24) is 15.1 Å². The normalized spacial score (nSPS) is 11.5. The number of aryl methyl sites for hydroxylation is 1. The van der Waals surface area contributed by atoms with Crippen LogP contribution in [-0.2, 0) is 9.53 Å². The van der Waals surface area contributed by atoms with Crippen LogP contribution >= 0.6 is 0 Å². The van der Waals surface area contributed by atoms with E-state index in [1.165, 1.54) is 6.92 Å². The summed E-state index contributed by atoms with van der Waals surface area (Å²) in [5, 5.41) is 7.26. The maximum atomic E-state index is 12.9. The maximum Gasteiger partial charge on any atom is 0.342 e. The lowest BCUT2D eigenvalue weighted by Gasteiger charge is -2.13. The fourth-order valence-electron chi connectivity index (χ4n) is 2.87. The zero-order valence-corrected chi connectivity index (χ0v) is 16.5. The summed E-state index contributed by atoms with van der Waals surface area (Å²) in [4.78, 5) is 25.0. The molecule has 29 heavy (non-hydrogen) atoms. The summed E-state index contributed by atoms with van der Waals surface area (Å²) in [6.45, 7) is 7.35. The van der Waals surface area contributed by atoms with Crippen molar-refractivity contribution >= 4 is 11.9 Å². The summed E-state index contributed by atoms with van der Waals surface area (Å²) in [5.41, 5.74) is 3.44. The van der Waals surface area contributed by atoms with Gasteiger partial charge in [-0.25, -0.2) is 9.48 Å². The maximum absolute atomic E-state index is 12.9. The number of hydrogen-bond acceptors (Lipinski definition) is 4. The second kappa shape index (κ2) is 9.01. The van der Waals surface area contributed by atoms with E-state index in [0.717, 1.165) is 16.8 Å². The van der Waals surface area contributed by atoms with Gasteiger partial charge in [0.25, 0.3) is 5.91 Å². The van der Waals surface area contributed by atoms with Crippen LogP contribution in [-0.4, -0.2) is 34.3 Å². The predicted molar refractivity (Wildman–Crippen MR) is 112 cm³/mol. The minimum Gasteiger partial charge on any atom is -0.449 e. The lowest BCUT2D eigenvalue weighted by atomic mass is 10.0. The summed E-state index contributed by atoms with van der Waals surface area (Å²) >= 11 is 0. The number of carbonyl (C=O) groups excluding carboxylic acids is 2. The lowest BCUT2D eigenvalue weighted by molar-refractivity contribution is -0.128. The number of esters is 1. The molecule has 3 rings (SSSR count). The molecule has 0 unspecified atom stereocenters. The molecule has 1 amide bonds. The minimum absolute atomic E-state index is 0.298. The number of para-hydroxylation sites is 1. The van der Waals surface area contributed by atoms with E-state index in [9.17, 15) is 9.59 Å². The number of hydrogen-bond donors (Lipinski definition) is 1. The lowest BCUT2D eigenvalue weighted by Crippen LogP contribution is -2.35. The Balaban J connectivity index is 1.97. The van der Waals surface area contributed by atoms with Gasteiger partial charge in [-0.3, -0.25) is 4.79 Å². The van der Waals surface area contributed by atoms with Gasteiger partial charge >= 0.3 is 5.97 Å². The standard InChI is InChI=1S/C23H23N3O3/c1-4-14-24-22(27)17(3)29-23(28)20-15-26(18-11-6-5-7-12-18)25-21(20)19-13-9-8-10-16(19)2/h4-13,15,17H,1,14H2,2-3H3,(H,24,27)/t17-/m1/s1. The molecule has 148 valence electrons. The van der Waals surface area contributed by atoms with Crippen molar-refractivity contribution in [2.24, 2.45) is 0 Å². The molecule has 0 aliphatic heterocycles. The molecule has 3 aromatic rings. The van der Waals surface area contributed by atoms with Gasteiger partial charge in [-0.15, -0.1) is 6.58 Å². The Morgan fingerprint density at radius 3 is 2.55 bits per heavy atom. The molecule has 6 nitrogen and oxygen atoms in total. The molecule has 0 saturated heterocycles. The molecule has 1 atom stereocenters. The SMILES string of the molecule is C=CCNC(=O)[C@@H](C)OC(=O)c1cn(-c2ccccc2)nc1-c1ccccc1C. The Morgan fingerprint density at radius 2 is 1.86 bits per heavy atom. The van der Waals surface area contributed by atoms with Crippen LogP contribution in [0.4, 0.5) is 0 Å². The number of nitrogens with zero attached hydrogens (tertiary/aromatic N) is 2. The van der Waals surface area contributed by atoms with Crippen LogP contribution < -0.4 is 5.32 Å². The zero-order chi connectivity index (χ0) is 20.8. The summed E-state index contributed by atoms with van der Waals surface area (Å²) in [7, 11) is 0. The number of ether oxygens (including phenoxy) is 1. The summed E-state index contributed by atoms with van der Waals surface area (Å²) in [6.07, 6.45) is 2.26. The third-order valence-electron chi connectivity index (χ3n) is 4.43. The number of rotatable bonds is 7. The highest BCUT2D eigenvalue weighted by Crippen LogP contribution is 2.27. The average Bonchev–Trinajstić information content (AvgIpc) is 3.18. The Hall–Kier alpha value is -3.67. The number of carbonyl (C=O) groups is 2. The average molecular weight is 389 g/mol. The summed E-state index contributed by atoms with van der Waals surface area (Å²) in [5.74, 6) is -0.988. The zero-order valence-electron chi connectivity index (χ0n) is 16.5. The Labute approximate surface area is 169 Å². The molecule has 0 fully saturated rings. The Morgan fingerprint density at radius 1 is 1.17 bits per heavy atom. The van der Waals surface area contributed by atoms with E-state index < -0.39 is 12.1 Å².